The molecule has 0 aromatic rings. The molecule has 0 aromatic heterocycles. The van der Waals surface area contributed by atoms with Gasteiger partial charge in [-0.2, -0.15) is 0 Å². The number of nitrogens with two attached hydrogens (primary N) is 1. The van der Waals surface area contributed by atoms with Gasteiger partial charge in [-0.05, 0) is 25.7 Å². The first-order valence-corrected chi connectivity index (χ1v) is 7.55. The van der Waals surface area contributed by atoms with E-state index in [2.05, 4.69) is 10.3 Å². The first-order chi connectivity index (χ1) is 9.24. The van der Waals surface area contributed by atoms with E-state index in [1.54, 1.807) is 0 Å². The number of amidine groups is 1. The molecule has 2 fully saturated rings. The van der Waals surface area contributed by atoms with Crippen molar-refractivity contribution in [2.24, 2.45) is 10.7 Å². The van der Waals surface area contributed by atoms with Gasteiger partial charge >= 0.3 is 6.09 Å². The summed E-state index contributed by atoms with van der Waals surface area (Å²) in [7, 11) is 0. The number of carbonyl (C=O) groups is 1. The van der Waals surface area contributed by atoms with E-state index in [1.165, 1.54) is 38.5 Å². The molecule has 0 spiro atoms. The van der Waals surface area contributed by atoms with E-state index in [0.717, 1.165) is 25.7 Å². The Labute approximate surface area is 115 Å². The van der Waals surface area contributed by atoms with Crippen LogP contribution in [0.4, 0.5) is 4.79 Å². The maximum atomic E-state index is 11.7. The van der Waals surface area contributed by atoms with Crippen LogP contribution in [0.5, 0.6) is 0 Å². The number of ether oxygens (including phenoxy) is 1. The first kappa shape index (κ1) is 14.2. The van der Waals surface area contributed by atoms with E-state index in [9.17, 15) is 4.79 Å². The lowest BCUT2D eigenvalue weighted by molar-refractivity contribution is 0.187. The molecule has 5 heteroatoms. The molecular weight excluding hydrogens is 242 g/mol. The predicted octanol–water partition coefficient (Wildman–Crippen LogP) is 2.69. The second-order valence-electron chi connectivity index (χ2n) is 5.63. The van der Waals surface area contributed by atoms with Crippen molar-refractivity contribution in [3.8, 4) is 0 Å². The van der Waals surface area contributed by atoms with Crippen LogP contribution >= 0.6 is 0 Å². The Kier molecular flexibility index (Phi) is 5.48. The highest BCUT2D eigenvalue weighted by Crippen LogP contribution is 2.20. The van der Waals surface area contributed by atoms with Crippen LogP contribution in [0.2, 0.25) is 0 Å². The van der Waals surface area contributed by atoms with E-state index in [1.807, 2.05) is 0 Å². The number of carbonyl (C=O) groups excluding carboxylic acids is 1. The number of alkyl carbamates (subject to hydrolysis) is 1. The summed E-state index contributed by atoms with van der Waals surface area (Å²) in [4.78, 5) is 15.9. The zero-order valence-electron chi connectivity index (χ0n) is 11.6. The molecule has 1 amide bonds. The number of hydrogen-bond acceptors (Lipinski definition) is 3. The molecule has 5 nitrogen and oxygen atoms in total. The Morgan fingerprint density at radius 3 is 2.21 bits per heavy atom. The van der Waals surface area contributed by atoms with E-state index in [-0.39, 0.29) is 18.1 Å². The summed E-state index contributed by atoms with van der Waals surface area (Å²) in [6.45, 7) is 0. The summed E-state index contributed by atoms with van der Waals surface area (Å²) in [6, 6.07) is 0.486. The van der Waals surface area contributed by atoms with Gasteiger partial charge in [-0.15, -0.1) is 0 Å². The molecule has 3 N–H and O–H groups in total. The third kappa shape index (κ3) is 5.09. The minimum Gasteiger partial charge on any atom is -0.376 e. The van der Waals surface area contributed by atoms with E-state index >= 15 is 0 Å². The summed E-state index contributed by atoms with van der Waals surface area (Å²) >= 11 is 0. The van der Waals surface area contributed by atoms with Crippen molar-refractivity contribution in [2.45, 2.75) is 76.3 Å². The normalized spacial score (nSPS) is 23.1. The smallest absolute Gasteiger partial charge is 0.376 e. The van der Waals surface area contributed by atoms with Crippen LogP contribution in [0.15, 0.2) is 4.99 Å². The van der Waals surface area contributed by atoms with Gasteiger partial charge in [-0.25, -0.2) is 9.79 Å². The summed E-state index contributed by atoms with van der Waals surface area (Å²) in [5.41, 5.74) is 5.68. The molecule has 2 saturated carbocycles. The predicted molar refractivity (Wildman–Crippen MR) is 75.0 cm³/mol. The zero-order chi connectivity index (χ0) is 13.5. The van der Waals surface area contributed by atoms with Gasteiger partial charge < -0.3 is 15.8 Å². The van der Waals surface area contributed by atoms with Crippen molar-refractivity contribution in [2.75, 3.05) is 0 Å². The quantitative estimate of drug-likeness (QED) is 0.596. The lowest BCUT2D eigenvalue weighted by Gasteiger charge is -2.22. The number of amides is 1. The lowest BCUT2D eigenvalue weighted by atomic mass is 9.96. The van der Waals surface area contributed by atoms with Crippen LogP contribution in [-0.2, 0) is 4.74 Å². The Balaban J connectivity index is 1.72. The zero-order valence-corrected chi connectivity index (χ0v) is 11.6. The molecule has 0 aliphatic heterocycles. The van der Waals surface area contributed by atoms with Crippen molar-refractivity contribution in [1.29, 1.82) is 0 Å². The first-order valence-electron chi connectivity index (χ1n) is 7.55. The molecule has 0 aromatic carbocycles. The minimum atomic E-state index is -0.455. The van der Waals surface area contributed by atoms with Crippen LogP contribution in [0, 0.1) is 0 Å². The molecule has 0 radical (unpaired) electrons. The van der Waals surface area contributed by atoms with Crippen molar-refractivity contribution >= 4 is 12.1 Å². The van der Waals surface area contributed by atoms with Gasteiger partial charge in [-0.3, -0.25) is 0 Å². The summed E-state index contributed by atoms with van der Waals surface area (Å²) < 4.78 is 5.03. The van der Waals surface area contributed by atoms with Crippen molar-refractivity contribution < 1.29 is 9.53 Å². The molecule has 0 bridgehead atoms. The van der Waals surface area contributed by atoms with Crippen LogP contribution in [0.25, 0.3) is 0 Å². The maximum absolute atomic E-state index is 11.7. The standard InChI is InChI=1S/C14H25N3O2/c15-13(16-11-7-3-1-4-8-11)19-14(18)17-12-9-5-2-6-10-12/h11-12H,1-10H2,(H2,15,16)(H,17,18). The van der Waals surface area contributed by atoms with Gasteiger partial charge in [0, 0.05) is 6.04 Å². The third-order valence-corrected chi connectivity index (χ3v) is 4.01. The van der Waals surface area contributed by atoms with Gasteiger partial charge in [0.2, 0.25) is 0 Å². The van der Waals surface area contributed by atoms with Crippen LogP contribution in [-0.4, -0.2) is 24.2 Å². The van der Waals surface area contributed by atoms with Gasteiger partial charge in [0.15, 0.2) is 0 Å². The SMILES string of the molecule is NC(=NC1CCCCC1)OC(=O)NC1CCCCC1. The van der Waals surface area contributed by atoms with Crippen LogP contribution in [0.3, 0.4) is 0 Å². The van der Waals surface area contributed by atoms with Crippen LogP contribution < -0.4 is 11.1 Å². The average Bonchev–Trinajstić information content (AvgIpc) is 2.40. The minimum absolute atomic E-state index is 0.0141. The molecule has 2 aliphatic carbocycles. The highest BCUT2D eigenvalue weighted by molar-refractivity contribution is 5.85. The monoisotopic (exact) mass is 267 g/mol. The number of rotatable bonds is 2. The molecule has 0 saturated heterocycles. The highest BCUT2D eigenvalue weighted by Gasteiger charge is 2.18. The summed E-state index contributed by atoms with van der Waals surface area (Å²) in [6.07, 6.45) is 11.0. The summed E-state index contributed by atoms with van der Waals surface area (Å²) in [5.74, 6) is 0. The molecule has 19 heavy (non-hydrogen) atoms. The van der Waals surface area contributed by atoms with Gasteiger partial charge in [0.1, 0.15) is 0 Å². The Hall–Kier alpha value is -1.26. The largest absolute Gasteiger partial charge is 0.415 e. The van der Waals surface area contributed by atoms with Crippen molar-refractivity contribution in [3.63, 3.8) is 0 Å². The van der Waals surface area contributed by atoms with Gasteiger partial charge in [0.25, 0.3) is 6.02 Å². The number of aliphatic imine (C=N–C) groups is 1. The van der Waals surface area contributed by atoms with Crippen LogP contribution in [0.1, 0.15) is 64.2 Å². The van der Waals surface area contributed by atoms with E-state index in [0.29, 0.717) is 0 Å². The molecular formula is C14H25N3O2. The average molecular weight is 267 g/mol. The molecule has 0 unspecified atom stereocenters. The molecule has 0 heterocycles. The Morgan fingerprint density at radius 2 is 1.58 bits per heavy atom. The van der Waals surface area contributed by atoms with E-state index < -0.39 is 6.09 Å². The number of nitrogens with one attached hydrogen (secondary N) is 1. The maximum Gasteiger partial charge on any atom is 0.415 e. The van der Waals surface area contributed by atoms with E-state index in [4.69, 9.17) is 10.5 Å². The molecule has 0 atom stereocenters. The Bertz CT molecular complexity index is 319. The van der Waals surface area contributed by atoms with Crippen molar-refractivity contribution in [1.82, 2.24) is 5.32 Å². The number of nitrogens with zero attached hydrogens (tertiary/aromatic N) is 1. The highest BCUT2D eigenvalue weighted by atomic mass is 16.6. The van der Waals surface area contributed by atoms with Gasteiger partial charge in [0.05, 0.1) is 6.04 Å². The van der Waals surface area contributed by atoms with Crippen molar-refractivity contribution in [3.05, 3.63) is 0 Å². The van der Waals surface area contributed by atoms with Gasteiger partial charge in [-0.1, -0.05) is 38.5 Å². The fourth-order valence-electron chi connectivity index (χ4n) is 2.95. The third-order valence-electron chi connectivity index (χ3n) is 4.01. The fraction of sp³-hybridized carbons (Fsp3) is 0.857. The molecule has 108 valence electrons. The number of hydrogen-bond donors (Lipinski definition) is 2. The second-order valence-corrected chi connectivity index (χ2v) is 5.63. The topological polar surface area (TPSA) is 76.7 Å². The fourth-order valence-corrected chi connectivity index (χ4v) is 2.95. The Morgan fingerprint density at radius 1 is 1.00 bits per heavy atom. The molecule has 2 rings (SSSR count). The second kappa shape index (κ2) is 7.36. The lowest BCUT2D eigenvalue weighted by Crippen LogP contribution is -2.39. The molecule has 2 aliphatic rings. The summed E-state index contributed by atoms with van der Waals surface area (Å²) in [5, 5.41) is 2.87.